The third-order valence-corrected chi connectivity index (χ3v) is 2.37. The van der Waals surface area contributed by atoms with Crippen molar-refractivity contribution in [2.45, 2.75) is 26.1 Å². The van der Waals surface area contributed by atoms with Gasteiger partial charge >= 0.3 is 0 Å². The Hall–Kier alpha value is -1.02. The molecule has 0 saturated heterocycles. The van der Waals surface area contributed by atoms with Crippen LogP contribution in [0, 0.1) is 0 Å². The number of rotatable bonds is 5. The van der Waals surface area contributed by atoms with Gasteiger partial charge in [0.1, 0.15) is 11.5 Å². The van der Waals surface area contributed by atoms with Crippen LogP contribution in [0.15, 0.2) is 18.2 Å². The van der Waals surface area contributed by atoms with Gasteiger partial charge in [0.25, 0.3) is 0 Å². The first kappa shape index (κ1) is 12.1. The molecule has 0 unspecified atom stereocenters. The molecule has 0 atom stereocenters. The molecular formula is C12H15ClO2. The molecule has 0 saturated carbocycles. The molecule has 0 heterocycles. The zero-order valence-electron chi connectivity index (χ0n) is 9.05. The van der Waals surface area contributed by atoms with Crippen LogP contribution in [0.25, 0.3) is 0 Å². The van der Waals surface area contributed by atoms with E-state index in [0.717, 1.165) is 16.9 Å². The molecule has 2 nitrogen and oxygen atoms in total. The standard InChI is InChI=1S/C12H15ClO2/c1-3-15-12-6-4-5-10(7-9(2)14)11(12)8-13/h4-6H,3,7-8H2,1-2H3. The third-order valence-electron chi connectivity index (χ3n) is 2.10. The lowest BCUT2D eigenvalue weighted by Gasteiger charge is -2.11. The van der Waals surface area contributed by atoms with Crippen LogP contribution < -0.4 is 4.74 Å². The summed E-state index contributed by atoms with van der Waals surface area (Å²) in [4.78, 5) is 11.1. The number of hydrogen-bond donors (Lipinski definition) is 0. The predicted molar refractivity (Wildman–Crippen MR) is 61.6 cm³/mol. The number of carbonyl (C=O) groups is 1. The van der Waals surface area contributed by atoms with Crippen molar-refractivity contribution in [2.75, 3.05) is 6.61 Å². The monoisotopic (exact) mass is 226 g/mol. The molecule has 0 amide bonds. The lowest BCUT2D eigenvalue weighted by atomic mass is 10.0. The van der Waals surface area contributed by atoms with E-state index >= 15 is 0 Å². The van der Waals surface area contributed by atoms with E-state index in [9.17, 15) is 4.79 Å². The van der Waals surface area contributed by atoms with Gasteiger partial charge in [0, 0.05) is 12.0 Å². The van der Waals surface area contributed by atoms with Crippen molar-refractivity contribution < 1.29 is 9.53 Å². The minimum Gasteiger partial charge on any atom is -0.494 e. The second-order valence-corrected chi connectivity index (χ2v) is 3.61. The van der Waals surface area contributed by atoms with Gasteiger partial charge in [0.05, 0.1) is 12.5 Å². The van der Waals surface area contributed by atoms with E-state index in [-0.39, 0.29) is 5.78 Å². The molecule has 0 aliphatic carbocycles. The second kappa shape index (κ2) is 5.76. The Kier molecular flexibility index (Phi) is 4.63. The number of halogens is 1. The molecule has 0 N–H and O–H groups in total. The summed E-state index contributed by atoms with van der Waals surface area (Å²) in [6.07, 6.45) is 0.420. The average molecular weight is 227 g/mol. The van der Waals surface area contributed by atoms with Gasteiger partial charge in [-0.05, 0) is 25.5 Å². The summed E-state index contributed by atoms with van der Waals surface area (Å²) in [5.74, 6) is 1.29. The van der Waals surface area contributed by atoms with Gasteiger partial charge in [0.2, 0.25) is 0 Å². The number of Topliss-reactive ketones (excluding diaryl/α,β-unsaturated/α-hetero) is 1. The maximum Gasteiger partial charge on any atom is 0.134 e. The van der Waals surface area contributed by atoms with Gasteiger partial charge in [-0.25, -0.2) is 0 Å². The number of alkyl halides is 1. The minimum atomic E-state index is 0.134. The molecule has 0 fully saturated rings. The van der Waals surface area contributed by atoms with E-state index in [1.54, 1.807) is 6.92 Å². The highest BCUT2D eigenvalue weighted by Gasteiger charge is 2.09. The molecule has 1 aromatic rings. The largest absolute Gasteiger partial charge is 0.494 e. The maximum absolute atomic E-state index is 11.1. The van der Waals surface area contributed by atoms with Crippen LogP contribution in [-0.4, -0.2) is 12.4 Å². The highest BCUT2D eigenvalue weighted by atomic mass is 35.5. The Morgan fingerprint density at radius 3 is 2.73 bits per heavy atom. The van der Waals surface area contributed by atoms with Gasteiger partial charge in [-0.15, -0.1) is 11.6 Å². The number of carbonyl (C=O) groups excluding carboxylic acids is 1. The Balaban J connectivity index is 3.04. The Morgan fingerprint density at radius 1 is 1.47 bits per heavy atom. The quantitative estimate of drug-likeness (QED) is 0.722. The highest BCUT2D eigenvalue weighted by molar-refractivity contribution is 6.17. The van der Waals surface area contributed by atoms with Crippen LogP contribution in [0.2, 0.25) is 0 Å². The molecule has 0 aliphatic heterocycles. The zero-order chi connectivity index (χ0) is 11.3. The van der Waals surface area contributed by atoms with E-state index < -0.39 is 0 Å². The molecule has 82 valence electrons. The van der Waals surface area contributed by atoms with Crippen molar-refractivity contribution in [3.8, 4) is 5.75 Å². The lowest BCUT2D eigenvalue weighted by Crippen LogP contribution is -2.03. The molecule has 0 bridgehead atoms. The summed E-state index contributed by atoms with van der Waals surface area (Å²) in [5.41, 5.74) is 1.89. The van der Waals surface area contributed by atoms with E-state index in [1.807, 2.05) is 25.1 Å². The molecule has 0 spiro atoms. The summed E-state index contributed by atoms with van der Waals surface area (Å²) in [5, 5.41) is 0. The molecule has 15 heavy (non-hydrogen) atoms. The van der Waals surface area contributed by atoms with E-state index in [0.29, 0.717) is 18.9 Å². The van der Waals surface area contributed by atoms with E-state index in [1.165, 1.54) is 0 Å². The van der Waals surface area contributed by atoms with Gasteiger partial charge in [-0.2, -0.15) is 0 Å². The van der Waals surface area contributed by atoms with Crippen molar-refractivity contribution in [1.82, 2.24) is 0 Å². The van der Waals surface area contributed by atoms with Crippen LogP contribution >= 0.6 is 11.6 Å². The van der Waals surface area contributed by atoms with Gasteiger partial charge < -0.3 is 4.74 Å². The summed E-state index contributed by atoms with van der Waals surface area (Å²) >= 11 is 5.87. The van der Waals surface area contributed by atoms with Crippen molar-refractivity contribution in [1.29, 1.82) is 0 Å². The Bertz CT molecular complexity index is 347. The molecule has 1 rings (SSSR count). The number of benzene rings is 1. The molecule has 0 aromatic heterocycles. The lowest BCUT2D eigenvalue weighted by molar-refractivity contribution is -0.116. The predicted octanol–water partition coefficient (Wildman–Crippen LogP) is 2.96. The molecular weight excluding hydrogens is 212 g/mol. The van der Waals surface area contributed by atoms with Crippen molar-refractivity contribution in [2.24, 2.45) is 0 Å². The minimum absolute atomic E-state index is 0.134. The second-order valence-electron chi connectivity index (χ2n) is 3.34. The van der Waals surface area contributed by atoms with Crippen LogP contribution in [-0.2, 0) is 17.1 Å². The van der Waals surface area contributed by atoms with Gasteiger partial charge in [-0.1, -0.05) is 12.1 Å². The topological polar surface area (TPSA) is 26.3 Å². The first-order valence-corrected chi connectivity index (χ1v) is 5.51. The van der Waals surface area contributed by atoms with Crippen LogP contribution in [0.3, 0.4) is 0 Å². The smallest absolute Gasteiger partial charge is 0.134 e. The average Bonchev–Trinajstić information content (AvgIpc) is 2.18. The zero-order valence-corrected chi connectivity index (χ0v) is 9.80. The molecule has 0 radical (unpaired) electrons. The van der Waals surface area contributed by atoms with Crippen molar-refractivity contribution in [3.05, 3.63) is 29.3 Å². The Labute approximate surface area is 95.2 Å². The maximum atomic E-state index is 11.1. The van der Waals surface area contributed by atoms with Crippen molar-refractivity contribution in [3.63, 3.8) is 0 Å². The van der Waals surface area contributed by atoms with Gasteiger partial charge in [-0.3, -0.25) is 4.79 Å². The van der Waals surface area contributed by atoms with Crippen LogP contribution in [0.1, 0.15) is 25.0 Å². The fourth-order valence-corrected chi connectivity index (χ4v) is 1.79. The fourth-order valence-electron chi connectivity index (χ4n) is 1.49. The SMILES string of the molecule is CCOc1cccc(CC(C)=O)c1CCl. The Morgan fingerprint density at radius 2 is 2.20 bits per heavy atom. The van der Waals surface area contributed by atoms with Crippen LogP contribution in [0.4, 0.5) is 0 Å². The first-order valence-electron chi connectivity index (χ1n) is 4.98. The van der Waals surface area contributed by atoms with E-state index in [2.05, 4.69) is 0 Å². The highest BCUT2D eigenvalue weighted by Crippen LogP contribution is 2.25. The molecule has 3 heteroatoms. The first-order chi connectivity index (χ1) is 7.19. The third kappa shape index (κ3) is 3.24. The van der Waals surface area contributed by atoms with Crippen LogP contribution in [0.5, 0.6) is 5.75 Å². The van der Waals surface area contributed by atoms with E-state index in [4.69, 9.17) is 16.3 Å². The summed E-state index contributed by atoms with van der Waals surface area (Å²) < 4.78 is 5.45. The van der Waals surface area contributed by atoms with Gasteiger partial charge in [0.15, 0.2) is 0 Å². The fraction of sp³-hybridized carbons (Fsp3) is 0.417. The normalized spacial score (nSPS) is 10.1. The summed E-state index contributed by atoms with van der Waals surface area (Å²) in [6, 6.07) is 5.69. The number of ether oxygens (including phenoxy) is 1. The number of hydrogen-bond acceptors (Lipinski definition) is 2. The summed E-state index contributed by atoms with van der Waals surface area (Å²) in [6.45, 7) is 4.11. The van der Waals surface area contributed by atoms with Crippen molar-refractivity contribution >= 4 is 17.4 Å². The molecule has 1 aromatic carbocycles. The number of ketones is 1. The summed E-state index contributed by atoms with van der Waals surface area (Å²) in [7, 11) is 0. The molecule has 0 aliphatic rings.